The summed E-state index contributed by atoms with van der Waals surface area (Å²) in [5.41, 5.74) is -0.0222. The van der Waals surface area contributed by atoms with E-state index in [9.17, 15) is 9.90 Å². The number of nitrogens with zero attached hydrogens (tertiary/aromatic N) is 1. The molecule has 0 aliphatic carbocycles. The number of amides is 1. The van der Waals surface area contributed by atoms with Gasteiger partial charge in [0, 0.05) is 29.2 Å². The van der Waals surface area contributed by atoms with Crippen LogP contribution in [-0.4, -0.2) is 29.8 Å². The number of halogens is 1. The molecule has 1 amide bonds. The van der Waals surface area contributed by atoms with Crippen LogP contribution in [0.4, 0.5) is 4.79 Å². The van der Waals surface area contributed by atoms with Crippen LogP contribution >= 0.6 is 22.6 Å². The molecule has 1 atom stereocenters. The molecule has 5 heteroatoms. The molecule has 0 aliphatic rings. The molecule has 0 bridgehead atoms. The van der Waals surface area contributed by atoms with Crippen molar-refractivity contribution in [1.29, 1.82) is 0 Å². The molecule has 0 aliphatic heterocycles. The first-order chi connectivity index (χ1) is 9.89. The fraction of sp³-hybridized carbons (Fsp3) is 0.562. The summed E-state index contributed by atoms with van der Waals surface area (Å²) in [5.74, 6) is 0.305. The van der Waals surface area contributed by atoms with E-state index in [2.05, 4.69) is 36.4 Å². The third-order valence-electron chi connectivity index (χ3n) is 3.43. The number of ether oxygens (including phenoxy) is 1. The van der Waals surface area contributed by atoms with Crippen molar-refractivity contribution >= 4 is 28.7 Å². The average molecular weight is 405 g/mol. The number of rotatable bonds is 7. The van der Waals surface area contributed by atoms with Gasteiger partial charge in [0.1, 0.15) is 0 Å². The van der Waals surface area contributed by atoms with E-state index in [-0.39, 0.29) is 0 Å². The van der Waals surface area contributed by atoms with Gasteiger partial charge in [-0.1, -0.05) is 39.0 Å². The highest BCUT2D eigenvalue weighted by Crippen LogP contribution is 2.38. The second-order valence-electron chi connectivity index (χ2n) is 5.50. The lowest BCUT2D eigenvalue weighted by molar-refractivity contribution is -0.140. The predicted molar refractivity (Wildman–Crippen MR) is 92.3 cm³/mol. The van der Waals surface area contributed by atoms with Crippen LogP contribution in [0.2, 0.25) is 0 Å². The number of carboxylic acid groups (broad SMARTS) is 1. The van der Waals surface area contributed by atoms with Crippen molar-refractivity contribution in [2.24, 2.45) is 5.92 Å². The van der Waals surface area contributed by atoms with E-state index >= 15 is 0 Å². The summed E-state index contributed by atoms with van der Waals surface area (Å²) in [6, 6.07) is 7.82. The van der Waals surface area contributed by atoms with Gasteiger partial charge in [-0.25, -0.2) is 4.79 Å². The summed E-state index contributed by atoms with van der Waals surface area (Å²) >= 11 is 2.24. The van der Waals surface area contributed by atoms with E-state index in [1.165, 1.54) is 4.90 Å². The van der Waals surface area contributed by atoms with E-state index in [0.29, 0.717) is 18.9 Å². The van der Waals surface area contributed by atoms with Crippen molar-refractivity contribution in [3.63, 3.8) is 0 Å². The van der Waals surface area contributed by atoms with Crippen LogP contribution < -0.4 is 0 Å². The lowest BCUT2D eigenvalue weighted by Crippen LogP contribution is -2.52. The smallest absolute Gasteiger partial charge is 0.409 e. The Morgan fingerprint density at radius 3 is 2.48 bits per heavy atom. The van der Waals surface area contributed by atoms with Crippen LogP contribution in [0, 0.1) is 9.49 Å². The SMILES string of the molecule is CCCN(C(=O)O)[C@](CC(C)C)(OC)c1ccccc1I. The van der Waals surface area contributed by atoms with Crippen LogP contribution in [-0.2, 0) is 10.5 Å². The lowest BCUT2D eigenvalue weighted by atomic mass is 9.91. The van der Waals surface area contributed by atoms with Crippen molar-refractivity contribution in [2.45, 2.75) is 39.3 Å². The average Bonchev–Trinajstić information content (AvgIpc) is 2.42. The molecular weight excluding hydrogens is 381 g/mol. The number of hydrogen-bond donors (Lipinski definition) is 1. The van der Waals surface area contributed by atoms with Crippen molar-refractivity contribution in [2.75, 3.05) is 13.7 Å². The van der Waals surface area contributed by atoms with Gasteiger partial charge >= 0.3 is 6.09 Å². The summed E-state index contributed by atoms with van der Waals surface area (Å²) in [4.78, 5) is 13.2. The Morgan fingerprint density at radius 2 is 2.05 bits per heavy atom. The molecule has 0 spiro atoms. The fourth-order valence-electron chi connectivity index (χ4n) is 2.65. The minimum atomic E-state index is -0.945. The van der Waals surface area contributed by atoms with Crippen LogP contribution in [0.1, 0.15) is 39.2 Å². The molecule has 1 aromatic carbocycles. The standard InChI is InChI=1S/C16H24INO3/c1-5-10-18(15(19)20)16(21-4,11-12(2)3)13-8-6-7-9-14(13)17/h6-9,12H,5,10-11H2,1-4H3,(H,19,20)/t16-/m1/s1. The molecular formula is C16H24INO3. The monoisotopic (exact) mass is 405 g/mol. The van der Waals surface area contributed by atoms with Crippen molar-refractivity contribution in [3.05, 3.63) is 33.4 Å². The fourth-order valence-corrected chi connectivity index (χ4v) is 3.46. The third-order valence-corrected chi connectivity index (χ3v) is 4.37. The predicted octanol–water partition coefficient (Wildman–Crippen LogP) is 4.53. The molecule has 0 saturated heterocycles. The van der Waals surface area contributed by atoms with Gasteiger partial charge in [0.15, 0.2) is 5.72 Å². The Kier molecular flexibility index (Phi) is 6.93. The van der Waals surface area contributed by atoms with Gasteiger partial charge in [-0.05, 0) is 41.0 Å². The third kappa shape index (κ3) is 4.10. The highest BCUT2D eigenvalue weighted by molar-refractivity contribution is 14.1. The van der Waals surface area contributed by atoms with E-state index in [1.54, 1.807) is 7.11 Å². The molecule has 118 valence electrons. The first-order valence-corrected chi connectivity index (χ1v) is 8.27. The van der Waals surface area contributed by atoms with Gasteiger partial charge in [0.25, 0.3) is 0 Å². The van der Waals surface area contributed by atoms with Crippen LogP contribution in [0.15, 0.2) is 24.3 Å². The zero-order valence-electron chi connectivity index (χ0n) is 13.1. The molecule has 1 N–H and O–H groups in total. The van der Waals surface area contributed by atoms with Gasteiger partial charge in [-0.15, -0.1) is 0 Å². The molecule has 0 heterocycles. The van der Waals surface area contributed by atoms with Gasteiger partial charge in [0.2, 0.25) is 0 Å². The molecule has 0 aromatic heterocycles. The second-order valence-corrected chi connectivity index (χ2v) is 6.66. The molecule has 0 unspecified atom stereocenters. The number of carbonyl (C=O) groups is 1. The maximum Gasteiger partial charge on any atom is 0.409 e. The Hall–Kier alpha value is -0.820. The highest BCUT2D eigenvalue weighted by atomic mass is 127. The van der Waals surface area contributed by atoms with Crippen molar-refractivity contribution < 1.29 is 14.6 Å². The minimum absolute atomic E-state index is 0.305. The number of benzene rings is 1. The molecule has 0 saturated carbocycles. The second kappa shape index (κ2) is 7.98. The van der Waals surface area contributed by atoms with Gasteiger partial charge < -0.3 is 9.84 Å². The molecule has 21 heavy (non-hydrogen) atoms. The Balaban J connectivity index is 3.46. The molecule has 1 aromatic rings. The Bertz CT molecular complexity index is 478. The van der Waals surface area contributed by atoms with Crippen LogP contribution in [0.5, 0.6) is 0 Å². The zero-order chi connectivity index (χ0) is 16.0. The van der Waals surface area contributed by atoms with E-state index in [0.717, 1.165) is 15.6 Å². The first-order valence-electron chi connectivity index (χ1n) is 7.19. The van der Waals surface area contributed by atoms with E-state index in [1.807, 2.05) is 31.2 Å². The Labute approximate surface area is 140 Å². The van der Waals surface area contributed by atoms with Crippen LogP contribution in [0.3, 0.4) is 0 Å². The quantitative estimate of drug-likeness (QED) is 0.536. The van der Waals surface area contributed by atoms with E-state index < -0.39 is 11.8 Å². The van der Waals surface area contributed by atoms with Crippen molar-refractivity contribution in [1.82, 2.24) is 4.90 Å². The maximum atomic E-state index is 11.8. The summed E-state index contributed by atoms with van der Waals surface area (Å²) in [6.07, 6.45) is 0.424. The summed E-state index contributed by atoms with van der Waals surface area (Å²) in [6.45, 7) is 6.58. The lowest BCUT2D eigenvalue weighted by Gasteiger charge is -2.43. The topological polar surface area (TPSA) is 49.8 Å². The normalized spacial score (nSPS) is 14.0. The molecule has 4 nitrogen and oxygen atoms in total. The highest BCUT2D eigenvalue weighted by Gasteiger charge is 2.43. The van der Waals surface area contributed by atoms with Crippen molar-refractivity contribution in [3.8, 4) is 0 Å². The molecule has 0 radical (unpaired) electrons. The van der Waals surface area contributed by atoms with E-state index in [4.69, 9.17) is 4.74 Å². The number of hydrogen-bond acceptors (Lipinski definition) is 2. The summed E-state index contributed by atoms with van der Waals surface area (Å²) in [5, 5.41) is 9.68. The number of methoxy groups -OCH3 is 1. The van der Waals surface area contributed by atoms with Gasteiger partial charge in [-0.3, -0.25) is 4.90 Å². The summed E-state index contributed by atoms with van der Waals surface area (Å²) in [7, 11) is 1.59. The minimum Gasteiger partial charge on any atom is -0.465 e. The zero-order valence-corrected chi connectivity index (χ0v) is 15.3. The van der Waals surface area contributed by atoms with Crippen LogP contribution in [0.25, 0.3) is 0 Å². The first kappa shape index (κ1) is 18.2. The molecule has 1 rings (SSSR count). The van der Waals surface area contributed by atoms with Gasteiger partial charge in [-0.2, -0.15) is 0 Å². The largest absolute Gasteiger partial charge is 0.465 e. The summed E-state index contributed by atoms with van der Waals surface area (Å²) < 4.78 is 6.85. The van der Waals surface area contributed by atoms with Gasteiger partial charge in [0.05, 0.1) is 0 Å². The Morgan fingerprint density at radius 1 is 1.43 bits per heavy atom. The molecule has 0 fully saturated rings. The maximum absolute atomic E-state index is 11.8.